The zero-order chi connectivity index (χ0) is 11.8. The van der Waals surface area contributed by atoms with Crippen LogP contribution >= 0.6 is 11.3 Å². The Hall–Kier alpha value is -1.06. The van der Waals surface area contributed by atoms with Gasteiger partial charge in [-0.15, -0.1) is 0 Å². The van der Waals surface area contributed by atoms with Crippen molar-refractivity contribution in [3.63, 3.8) is 0 Å². The third-order valence-corrected chi connectivity index (χ3v) is 4.53. The van der Waals surface area contributed by atoms with Gasteiger partial charge in [-0.3, -0.25) is 0 Å². The molecule has 2 aromatic rings. The highest BCUT2D eigenvalue weighted by molar-refractivity contribution is 7.07. The molecular weight excluding hydrogens is 228 g/mol. The maximum absolute atomic E-state index is 6.17. The molecule has 90 valence electrons. The van der Waals surface area contributed by atoms with Crippen LogP contribution in [0.15, 0.2) is 29.1 Å². The first-order chi connectivity index (χ1) is 8.27. The Labute approximate surface area is 106 Å². The van der Waals surface area contributed by atoms with Crippen molar-refractivity contribution in [2.24, 2.45) is 5.73 Å². The van der Waals surface area contributed by atoms with E-state index in [-0.39, 0.29) is 6.04 Å². The van der Waals surface area contributed by atoms with E-state index in [0.717, 1.165) is 6.42 Å². The lowest BCUT2D eigenvalue weighted by Gasteiger charge is -2.23. The average molecular weight is 246 g/mol. The molecule has 0 amide bonds. The number of aromatic nitrogens is 1. The summed E-state index contributed by atoms with van der Waals surface area (Å²) >= 11 is 1.77. The molecule has 0 saturated carbocycles. The van der Waals surface area contributed by atoms with E-state index in [1.54, 1.807) is 11.3 Å². The maximum Gasteiger partial charge on any atom is 0.0562 e. The lowest BCUT2D eigenvalue weighted by Crippen LogP contribution is -2.19. The molecule has 1 aliphatic carbocycles. The van der Waals surface area contributed by atoms with Crippen LogP contribution in [0.3, 0.4) is 0 Å². The summed E-state index contributed by atoms with van der Waals surface area (Å²) in [4.78, 5) is 0. The van der Waals surface area contributed by atoms with Crippen molar-refractivity contribution in [3.8, 4) is 0 Å². The Kier molecular flexibility index (Phi) is 2.81. The number of rotatable bonds is 2. The van der Waals surface area contributed by atoms with E-state index < -0.39 is 0 Å². The Morgan fingerprint density at radius 1 is 1.47 bits per heavy atom. The summed E-state index contributed by atoms with van der Waals surface area (Å²) in [5.74, 6) is 0. The molecule has 0 bridgehead atoms. The predicted molar refractivity (Wildman–Crippen MR) is 72.4 cm³/mol. The number of nitrogens with two attached hydrogens (primary N) is 1. The fourth-order valence-electron chi connectivity index (χ4n) is 2.79. The summed E-state index contributed by atoms with van der Waals surface area (Å²) < 4.78 is 2.40. The van der Waals surface area contributed by atoms with E-state index in [4.69, 9.17) is 5.73 Å². The lowest BCUT2D eigenvalue weighted by atomic mass is 9.93. The molecule has 1 aliphatic rings. The molecule has 0 fully saturated rings. The minimum Gasteiger partial charge on any atom is -0.344 e. The molecule has 2 atom stereocenters. The van der Waals surface area contributed by atoms with Gasteiger partial charge in [-0.2, -0.15) is 11.3 Å². The highest BCUT2D eigenvalue weighted by Gasteiger charge is 2.22. The number of fused-ring (bicyclic) bond motifs is 1. The van der Waals surface area contributed by atoms with Crippen LogP contribution in [0, 0.1) is 0 Å². The van der Waals surface area contributed by atoms with E-state index in [1.807, 2.05) is 0 Å². The van der Waals surface area contributed by atoms with Crippen LogP contribution in [0.5, 0.6) is 0 Å². The molecule has 0 aliphatic heterocycles. The smallest absolute Gasteiger partial charge is 0.0562 e. The molecule has 0 spiro atoms. The minimum absolute atomic E-state index is 0.245. The van der Waals surface area contributed by atoms with Crippen molar-refractivity contribution in [1.29, 1.82) is 0 Å². The van der Waals surface area contributed by atoms with Crippen LogP contribution < -0.4 is 5.73 Å². The topological polar surface area (TPSA) is 30.9 Å². The van der Waals surface area contributed by atoms with Gasteiger partial charge in [-0.05, 0) is 60.2 Å². The number of thiophene rings is 1. The van der Waals surface area contributed by atoms with Gasteiger partial charge >= 0.3 is 0 Å². The third-order valence-electron chi connectivity index (χ3n) is 3.83. The molecule has 3 heteroatoms. The van der Waals surface area contributed by atoms with Gasteiger partial charge < -0.3 is 10.3 Å². The van der Waals surface area contributed by atoms with Gasteiger partial charge in [0.1, 0.15) is 0 Å². The SMILES string of the molecule is CC(c1ccsc1)n1ccc2c1CCCC2N. The summed E-state index contributed by atoms with van der Waals surface area (Å²) in [7, 11) is 0. The molecule has 0 radical (unpaired) electrons. The lowest BCUT2D eigenvalue weighted by molar-refractivity contribution is 0.526. The van der Waals surface area contributed by atoms with E-state index in [9.17, 15) is 0 Å². The van der Waals surface area contributed by atoms with Crippen LogP contribution in [0.4, 0.5) is 0 Å². The molecule has 2 nitrogen and oxygen atoms in total. The van der Waals surface area contributed by atoms with Crippen molar-refractivity contribution < 1.29 is 0 Å². The molecule has 2 aromatic heterocycles. The number of nitrogens with zero attached hydrogens (tertiary/aromatic N) is 1. The highest BCUT2D eigenvalue weighted by atomic mass is 32.1. The average Bonchev–Trinajstić information content (AvgIpc) is 2.98. The second-order valence-corrected chi connectivity index (χ2v) is 5.64. The van der Waals surface area contributed by atoms with Crippen LogP contribution in [-0.4, -0.2) is 4.57 Å². The first-order valence-electron chi connectivity index (χ1n) is 6.24. The van der Waals surface area contributed by atoms with E-state index in [2.05, 4.69) is 40.6 Å². The zero-order valence-corrected chi connectivity index (χ0v) is 10.9. The maximum atomic E-state index is 6.17. The van der Waals surface area contributed by atoms with Crippen LogP contribution in [0.25, 0.3) is 0 Å². The summed E-state index contributed by atoms with van der Waals surface area (Å²) in [6.07, 6.45) is 5.72. The molecule has 0 saturated heterocycles. The largest absolute Gasteiger partial charge is 0.344 e. The quantitative estimate of drug-likeness (QED) is 0.864. The molecule has 3 rings (SSSR count). The molecule has 2 heterocycles. The minimum atomic E-state index is 0.245. The summed E-state index contributed by atoms with van der Waals surface area (Å²) in [6, 6.07) is 5.09. The van der Waals surface area contributed by atoms with Crippen molar-refractivity contribution in [1.82, 2.24) is 4.57 Å². The fraction of sp³-hybridized carbons (Fsp3) is 0.429. The molecule has 0 aromatic carbocycles. The van der Waals surface area contributed by atoms with Crippen molar-refractivity contribution in [3.05, 3.63) is 45.9 Å². The Morgan fingerprint density at radius 3 is 3.12 bits per heavy atom. The Bertz CT molecular complexity index is 498. The van der Waals surface area contributed by atoms with Crippen LogP contribution in [0.1, 0.15) is 48.7 Å². The second-order valence-electron chi connectivity index (χ2n) is 4.86. The van der Waals surface area contributed by atoms with Gasteiger partial charge in [-0.1, -0.05) is 0 Å². The second kappa shape index (κ2) is 4.31. The zero-order valence-electron chi connectivity index (χ0n) is 10.1. The monoisotopic (exact) mass is 246 g/mol. The molecule has 2 N–H and O–H groups in total. The number of hydrogen-bond donors (Lipinski definition) is 1. The molecular formula is C14H18N2S. The van der Waals surface area contributed by atoms with E-state index >= 15 is 0 Å². The van der Waals surface area contributed by atoms with Crippen molar-refractivity contribution in [2.75, 3.05) is 0 Å². The van der Waals surface area contributed by atoms with Crippen molar-refractivity contribution >= 4 is 11.3 Å². The summed E-state index contributed by atoms with van der Waals surface area (Å²) in [5.41, 5.74) is 10.4. The van der Waals surface area contributed by atoms with Gasteiger partial charge in [0.15, 0.2) is 0 Å². The number of hydrogen-bond acceptors (Lipinski definition) is 2. The highest BCUT2D eigenvalue weighted by Crippen LogP contribution is 2.32. The van der Waals surface area contributed by atoms with Gasteiger partial charge in [-0.25, -0.2) is 0 Å². The van der Waals surface area contributed by atoms with Gasteiger partial charge in [0.2, 0.25) is 0 Å². The Morgan fingerprint density at radius 2 is 2.35 bits per heavy atom. The normalized spacial score (nSPS) is 21.2. The van der Waals surface area contributed by atoms with Gasteiger partial charge in [0.25, 0.3) is 0 Å². The predicted octanol–water partition coefficient (Wildman–Crippen LogP) is 3.50. The van der Waals surface area contributed by atoms with Gasteiger partial charge in [0, 0.05) is 17.9 Å². The standard InChI is InChI=1S/C14H18N2S/c1-10(11-6-8-17-9-11)16-7-5-12-13(15)3-2-4-14(12)16/h5-10,13H,2-4,15H2,1H3. The molecule has 2 unspecified atom stereocenters. The summed E-state index contributed by atoms with van der Waals surface area (Å²) in [5, 5.41) is 4.38. The first kappa shape index (κ1) is 11.1. The Balaban J connectivity index is 1.99. The molecule has 17 heavy (non-hydrogen) atoms. The van der Waals surface area contributed by atoms with E-state index in [0.29, 0.717) is 6.04 Å². The van der Waals surface area contributed by atoms with E-state index in [1.165, 1.54) is 29.7 Å². The van der Waals surface area contributed by atoms with Crippen LogP contribution in [0.2, 0.25) is 0 Å². The summed E-state index contributed by atoms with van der Waals surface area (Å²) in [6.45, 7) is 2.27. The fourth-order valence-corrected chi connectivity index (χ4v) is 3.53. The van der Waals surface area contributed by atoms with Crippen molar-refractivity contribution in [2.45, 2.75) is 38.3 Å². The van der Waals surface area contributed by atoms with Gasteiger partial charge in [0.05, 0.1) is 6.04 Å². The van der Waals surface area contributed by atoms with Crippen LogP contribution in [-0.2, 0) is 6.42 Å². The third kappa shape index (κ3) is 1.83. The first-order valence-corrected chi connectivity index (χ1v) is 7.19.